The van der Waals surface area contributed by atoms with Crippen molar-refractivity contribution >= 4 is 5.91 Å². The third-order valence-electron chi connectivity index (χ3n) is 4.99. The average molecular weight is 339 g/mol. The van der Waals surface area contributed by atoms with Gasteiger partial charge in [-0.1, -0.05) is 24.3 Å². The minimum atomic E-state index is -0.0559. The second-order valence-corrected chi connectivity index (χ2v) is 6.62. The number of carbonyl (C=O) groups is 1. The van der Waals surface area contributed by atoms with E-state index in [1.807, 2.05) is 36.4 Å². The van der Waals surface area contributed by atoms with Crippen molar-refractivity contribution in [2.24, 2.45) is 0 Å². The van der Waals surface area contributed by atoms with E-state index >= 15 is 0 Å². The lowest BCUT2D eigenvalue weighted by Crippen LogP contribution is -2.32. The van der Waals surface area contributed by atoms with Crippen LogP contribution in [0.25, 0.3) is 0 Å². The van der Waals surface area contributed by atoms with Gasteiger partial charge in [-0.3, -0.25) is 4.79 Å². The molecule has 1 N–H and O–H groups in total. The molecule has 2 aromatic carbocycles. The van der Waals surface area contributed by atoms with Crippen LogP contribution in [0.15, 0.2) is 42.5 Å². The van der Waals surface area contributed by atoms with E-state index in [2.05, 4.69) is 11.4 Å². The van der Waals surface area contributed by atoms with E-state index in [-0.39, 0.29) is 18.1 Å². The summed E-state index contributed by atoms with van der Waals surface area (Å²) in [5.74, 6) is 1.53. The van der Waals surface area contributed by atoms with Gasteiger partial charge in [0.25, 0.3) is 5.91 Å². The maximum atomic E-state index is 12.6. The van der Waals surface area contributed by atoms with E-state index in [1.165, 1.54) is 5.56 Å². The van der Waals surface area contributed by atoms with Crippen molar-refractivity contribution in [2.45, 2.75) is 24.9 Å². The zero-order chi connectivity index (χ0) is 17.3. The Morgan fingerprint density at radius 3 is 2.76 bits per heavy atom. The lowest BCUT2D eigenvalue weighted by Gasteiger charge is -2.18. The van der Waals surface area contributed by atoms with Gasteiger partial charge in [0, 0.05) is 24.6 Å². The first kappa shape index (κ1) is 16.0. The SMILES string of the molecule is COCc1ccccc1C(=O)NCC1(c2ccc3c(c2)OCO3)CC1. The average Bonchev–Trinajstić information content (AvgIpc) is 3.29. The molecule has 25 heavy (non-hydrogen) atoms. The Balaban J connectivity index is 1.47. The molecule has 0 aromatic heterocycles. The molecule has 0 spiro atoms. The molecule has 0 radical (unpaired) electrons. The molecule has 1 amide bonds. The number of carbonyl (C=O) groups excluding carboxylic acids is 1. The van der Waals surface area contributed by atoms with Crippen LogP contribution < -0.4 is 14.8 Å². The second kappa shape index (κ2) is 6.41. The summed E-state index contributed by atoms with van der Waals surface area (Å²) in [6.07, 6.45) is 2.12. The molecular formula is C20H21NO4. The first-order chi connectivity index (χ1) is 12.2. The van der Waals surface area contributed by atoms with Crippen molar-refractivity contribution in [1.82, 2.24) is 5.32 Å². The highest BCUT2D eigenvalue weighted by molar-refractivity contribution is 5.95. The fourth-order valence-corrected chi connectivity index (χ4v) is 3.31. The van der Waals surface area contributed by atoms with Gasteiger partial charge in [0.05, 0.1) is 6.61 Å². The summed E-state index contributed by atoms with van der Waals surface area (Å²) < 4.78 is 16.0. The topological polar surface area (TPSA) is 56.8 Å². The molecule has 1 aliphatic carbocycles. The van der Waals surface area contributed by atoms with Gasteiger partial charge in [0.1, 0.15) is 0 Å². The molecule has 0 atom stereocenters. The maximum absolute atomic E-state index is 12.6. The van der Waals surface area contributed by atoms with Crippen LogP contribution in [0.5, 0.6) is 11.5 Å². The summed E-state index contributed by atoms with van der Waals surface area (Å²) in [7, 11) is 1.63. The molecule has 0 saturated heterocycles. The summed E-state index contributed by atoms with van der Waals surface area (Å²) in [5.41, 5.74) is 2.77. The van der Waals surface area contributed by atoms with Crippen LogP contribution in [0.3, 0.4) is 0 Å². The molecule has 1 saturated carbocycles. The monoisotopic (exact) mass is 339 g/mol. The Hall–Kier alpha value is -2.53. The summed E-state index contributed by atoms with van der Waals surface area (Å²) in [6, 6.07) is 13.6. The molecule has 0 bridgehead atoms. The predicted octanol–water partition coefficient (Wildman–Crippen LogP) is 3.02. The number of amides is 1. The highest BCUT2D eigenvalue weighted by Gasteiger charge is 2.45. The first-order valence-electron chi connectivity index (χ1n) is 8.47. The third-order valence-corrected chi connectivity index (χ3v) is 4.99. The van der Waals surface area contributed by atoms with Crippen molar-refractivity contribution in [3.8, 4) is 11.5 Å². The lowest BCUT2D eigenvalue weighted by molar-refractivity contribution is 0.0944. The van der Waals surface area contributed by atoms with E-state index in [1.54, 1.807) is 7.11 Å². The van der Waals surface area contributed by atoms with Gasteiger partial charge in [-0.25, -0.2) is 0 Å². The van der Waals surface area contributed by atoms with Crippen molar-refractivity contribution in [3.05, 3.63) is 59.2 Å². The maximum Gasteiger partial charge on any atom is 0.251 e. The van der Waals surface area contributed by atoms with Crippen LogP contribution in [0.4, 0.5) is 0 Å². The minimum Gasteiger partial charge on any atom is -0.454 e. The van der Waals surface area contributed by atoms with Crippen LogP contribution in [-0.2, 0) is 16.8 Å². The number of ether oxygens (including phenoxy) is 3. The summed E-state index contributed by atoms with van der Waals surface area (Å²) in [4.78, 5) is 12.6. The van der Waals surface area contributed by atoms with E-state index in [0.29, 0.717) is 18.7 Å². The molecule has 1 fully saturated rings. The summed E-state index contributed by atoms with van der Waals surface area (Å²) >= 11 is 0. The molecule has 5 heteroatoms. The Bertz CT molecular complexity index is 798. The number of benzene rings is 2. The van der Waals surface area contributed by atoms with Crippen molar-refractivity contribution in [3.63, 3.8) is 0 Å². The Morgan fingerprint density at radius 1 is 1.16 bits per heavy atom. The summed E-state index contributed by atoms with van der Waals surface area (Å²) in [6.45, 7) is 1.32. The smallest absolute Gasteiger partial charge is 0.251 e. The largest absolute Gasteiger partial charge is 0.454 e. The van der Waals surface area contributed by atoms with Crippen molar-refractivity contribution in [2.75, 3.05) is 20.4 Å². The van der Waals surface area contributed by atoms with Crippen molar-refractivity contribution < 1.29 is 19.0 Å². The molecular weight excluding hydrogens is 318 g/mol. The quantitative estimate of drug-likeness (QED) is 0.879. The second-order valence-electron chi connectivity index (χ2n) is 6.62. The number of rotatable bonds is 6. The fourth-order valence-electron chi connectivity index (χ4n) is 3.31. The minimum absolute atomic E-state index is 0.00679. The van der Waals surface area contributed by atoms with E-state index in [0.717, 1.165) is 29.9 Å². The van der Waals surface area contributed by atoms with Gasteiger partial charge in [0.15, 0.2) is 11.5 Å². The van der Waals surface area contributed by atoms with Gasteiger partial charge in [-0.15, -0.1) is 0 Å². The standard InChI is InChI=1S/C20H21NO4/c1-23-11-14-4-2-3-5-16(14)19(22)21-12-20(8-9-20)15-6-7-17-18(10-15)25-13-24-17/h2-7,10H,8-9,11-13H2,1H3,(H,21,22). The number of hydrogen-bond acceptors (Lipinski definition) is 4. The zero-order valence-corrected chi connectivity index (χ0v) is 14.2. The van der Waals surface area contributed by atoms with Crippen LogP contribution in [0.1, 0.15) is 34.3 Å². The number of methoxy groups -OCH3 is 1. The van der Waals surface area contributed by atoms with E-state index < -0.39 is 0 Å². The first-order valence-corrected chi connectivity index (χ1v) is 8.47. The highest BCUT2D eigenvalue weighted by Crippen LogP contribution is 2.49. The normalized spacial score (nSPS) is 16.5. The van der Waals surface area contributed by atoms with Gasteiger partial charge >= 0.3 is 0 Å². The Morgan fingerprint density at radius 2 is 1.96 bits per heavy atom. The van der Waals surface area contributed by atoms with Crippen LogP contribution in [-0.4, -0.2) is 26.4 Å². The molecule has 1 aliphatic heterocycles. The highest BCUT2D eigenvalue weighted by atomic mass is 16.7. The fraction of sp³-hybridized carbons (Fsp3) is 0.350. The number of nitrogens with one attached hydrogen (secondary N) is 1. The van der Waals surface area contributed by atoms with Crippen molar-refractivity contribution in [1.29, 1.82) is 0 Å². The molecule has 0 unspecified atom stereocenters. The van der Waals surface area contributed by atoms with E-state index in [4.69, 9.17) is 14.2 Å². The Kier molecular flexibility index (Phi) is 4.09. The van der Waals surface area contributed by atoms with Crippen LogP contribution in [0, 0.1) is 0 Å². The summed E-state index contributed by atoms with van der Waals surface area (Å²) in [5, 5.41) is 3.10. The molecule has 5 nitrogen and oxygen atoms in total. The predicted molar refractivity (Wildman–Crippen MR) is 93.0 cm³/mol. The molecule has 2 aliphatic rings. The van der Waals surface area contributed by atoms with Gasteiger partial charge < -0.3 is 19.5 Å². The van der Waals surface area contributed by atoms with Gasteiger partial charge in [-0.05, 0) is 42.2 Å². The molecule has 2 aromatic rings. The van der Waals surface area contributed by atoms with Crippen LogP contribution >= 0.6 is 0 Å². The lowest BCUT2D eigenvalue weighted by atomic mass is 9.95. The Labute approximate surface area is 146 Å². The van der Waals surface area contributed by atoms with Crippen LogP contribution in [0.2, 0.25) is 0 Å². The number of fused-ring (bicyclic) bond motifs is 1. The van der Waals surface area contributed by atoms with Gasteiger partial charge in [0.2, 0.25) is 6.79 Å². The number of hydrogen-bond donors (Lipinski definition) is 1. The molecule has 4 rings (SSSR count). The zero-order valence-electron chi connectivity index (χ0n) is 14.2. The van der Waals surface area contributed by atoms with Gasteiger partial charge in [-0.2, -0.15) is 0 Å². The third kappa shape index (κ3) is 3.07. The molecule has 130 valence electrons. The van der Waals surface area contributed by atoms with E-state index in [9.17, 15) is 4.79 Å². The molecule has 1 heterocycles.